The Balaban J connectivity index is 1.29. The summed E-state index contributed by atoms with van der Waals surface area (Å²) in [5.41, 5.74) is 4.14. The molecule has 0 saturated carbocycles. The van der Waals surface area contributed by atoms with Crippen LogP contribution in [0.15, 0.2) is 47.4 Å². The Bertz CT molecular complexity index is 1590. The number of hydrogen-bond acceptors (Lipinski definition) is 5. The molecule has 0 spiro atoms. The van der Waals surface area contributed by atoms with Crippen LogP contribution in [0.25, 0.3) is 21.8 Å². The number of ether oxygens (including phenoxy) is 1. The van der Waals surface area contributed by atoms with E-state index in [9.17, 15) is 14.4 Å². The molecule has 2 aromatic heterocycles. The molecule has 9 heteroatoms. The number of carboxylic acids is 1. The molecule has 6 rings (SSSR count). The maximum atomic E-state index is 13.7. The highest BCUT2D eigenvalue weighted by Gasteiger charge is 2.27. The number of nitrogens with one attached hydrogen (secondary N) is 1. The predicted molar refractivity (Wildman–Crippen MR) is 143 cm³/mol. The third-order valence-corrected chi connectivity index (χ3v) is 8.09. The van der Waals surface area contributed by atoms with E-state index >= 15 is 0 Å². The highest BCUT2D eigenvalue weighted by molar-refractivity contribution is 6.07. The second-order valence-electron chi connectivity index (χ2n) is 10.4. The molecule has 0 atom stereocenters. The van der Waals surface area contributed by atoms with Gasteiger partial charge in [0.05, 0.1) is 34.2 Å². The van der Waals surface area contributed by atoms with E-state index in [0.29, 0.717) is 42.8 Å². The van der Waals surface area contributed by atoms with Crippen molar-refractivity contribution in [3.05, 3.63) is 75.2 Å². The predicted octanol–water partition coefficient (Wildman–Crippen LogP) is 4.26. The molecule has 0 unspecified atom stereocenters. The molecule has 0 bridgehead atoms. The van der Waals surface area contributed by atoms with Gasteiger partial charge in [0.15, 0.2) is 0 Å². The van der Waals surface area contributed by atoms with Crippen molar-refractivity contribution in [3.8, 4) is 0 Å². The second kappa shape index (κ2) is 9.72. The van der Waals surface area contributed by atoms with Crippen LogP contribution in [0.5, 0.6) is 0 Å². The van der Waals surface area contributed by atoms with E-state index in [2.05, 4.69) is 10.1 Å². The van der Waals surface area contributed by atoms with Crippen molar-refractivity contribution < 1.29 is 19.4 Å². The molecule has 2 N–H and O–H groups in total. The van der Waals surface area contributed by atoms with E-state index in [1.807, 2.05) is 40.8 Å². The average Bonchev–Trinajstić information content (AvgIpc) is 3.39. The van der Waals surface area contributed by atoms with Crippen LogP contribution in [-0.4, -0.2) is 63.0 Å². The highest BCUT2D eigenvalue weighted by Crippen LogP contribution is 2.32. The van der Waals surface area contributed by atoms with Gasteiger partial charge in [-0.2, -0.15) is 5.10 Å². The van der Waals surface area contributed by atoms with E-state index in [1.165, 1.54) is 0 Å². The minimum absolute atomic E-state index is 0.0134. The van der Waals surface area contributed by atoms with E-state index in [1.54, 1.807) is 18.3 Å². The number of rotatable bonds is 4. The maximum Gasteiger partial charge on any atom is 0.335 e. The topological polar surface area (TPSA) is 118 Å². The third-order valence-electron chi connectivity index (χ3n) is 8.09. The van der Waals surface area contributed by atoms with Crippen molar-refractivity contribution in [2.24, 2.45) is 0 Å². The minimum Gasteiger partial charge on any atom is -0.478 e. The maximum absolute atomic E-state index is 13.7. The molecule has 0 radical (unpaired) electrons. The Morgan fingerprint density at radius 3 is 2.42 bits per heavy atom. The summed E-state index contributed by atoms with van der Waals surface area (Å²) in [5.74, 6) is -0.654. The minimum atomic E-state index is -0.931. The highest BCUT2D eigenvalue weighted by atomic mass is 16.5. The number of amides is 1. The van der Waals surface area contributed by atoms with E-state index in [4.69, 9.17) is 9.84 Å². The molecule has 2 aliphatic rings. The number of H-pyrrole nitrogens is 1. The van der Waals surface area contributed by atoms with Crippen LogP contribution in [0, 0.1) is 6.92 Å². The Morgan fingerprint density at radius 1 is 1.03 bits per heavy atom. The average molecular weight is 515 g/mol. The molecule has 0 aliphatic carbocycles. The van der Waals surface area contributed by atoms with Crippen LogP contribution in [0.3, 0.4) is 0 Å². The molecule has 1 amide bonds. The lowest BCUT2D eigenvalue weighted by atomic mass is 9.88. The summed E-state index contributed by atoms with van der Waals surface area (Å²) in [4.78, 5) is 42.6. The summed E-state index contributed by atoms with van der Waals surface area (Å²) in [6.45, 7) is 4.48. The number of likely N-dealkylation sites (tertiary alicyclic amines) is 1. The summed E-state index contributed by atoms with van der Waals surface area (Å²) in [6, 6.07) is 11.0. The number of hydrogen-bond donors (Lipinski definition) is 2. The molecule has 9 nitrogen and oxygen atoms in total. The fourth-order valence-electron chi connectivity index (χ4n) is 5.91. The first-order valence-electron chi connectivity index (χ1n) is 13.1. The number of benzene rings is 2. The number of aryl methyl sites for hydroxylation is 1. The van der Waals surface area contributed by atoms with Crippen LogP contribution in [-0.2, 0) is 4.74 Å². The Kier molecular flexibility index (Phi) is 6.23. The molecule has 196 valence electrons. The number of carboxylic acid groups (broad SMARTS) is 1. The zero-order valence-electron chi connectivity index (χ0n) is 21.3. The quantitative estimate of drug-likeness (QED) is 0.420. The summed E-state index contributed by atoms with van der Waals surface area (Å²) < 4.78 is 7.47. The van der Waals surface area contributed by atoms with Gasteiger partial charge in [-0.05, 0) is 73.9 Å². The van der Waals surface area contributed by atoms with Crippen LogP contribution in [0.1, 0.15) is 69.5 Å². The van der Waals surface area contributed by atoms with E-state index in [-0.39, 0.29) is 29.0 Å². The summed E-state index contributed by atoms with van der Waals surface area (Å²) in [7, 11) is 0. The molecule has 2 aromatic carbocycles. The SMILES string of the molecule is Cc1cc2[nH]c(=O)c3cnn(C4CCOCC4)c3c2cc1C(=O)N1CCC(c2ccc(C(=O)O)cc2)CC1. The number of aromatic carboxylic acids is 1. The first kappa shape index (κ1) is 24.4. The van der Waals surface area contributed by atoms with E-state index in [0.717, 1.165) is 47.7 Å². The van der Waals surface area contributed by atoms with Gasteiger partial charge in [-0.25, -0.2) is 4.79 Å². The van der Waals surface area contributed by atoms with Crippen LogP contribution in [0.2, 0.25) is 0 Å². The zero-order chi connectivity index (χ0) is 26.4. The molecule has 2 saturated heterocycles. The Hall–Kier alpha value is -3.98. The first-order chi connectivity index (χ1) is 18.4. The second-order valence-corrected chi connectivity index (χ2v) is 10.4. The molecular weight excluding hydrogens is 484 g/mol. The van der Waals surface area contributed by atoms with Crippen molar-refractivity contribution in [2.45, 2.75) is 44.6 Å². The van der Waals surface area contributed by atoms with Gasteiger partial charge < -0.3 is 19.7 Å². The van der Waals surface area contributed by atoms with Gasteiger partial charge in [0.25, 0.3) is 11.5 Å². The van der Waals surface area contributed by atoms with Crippen LogP contribution < -0.4 is 5.56 Å². The summed E-state index contributed by atoms with van der Waals surface area (Å²) in [5, 5.41) is 15.1. The third kappa shape index (κ3) is 4.26. The van der Waals surface area contributed by atoms with Crippen molar-refractivity contribution in [3.63, 3.8) is 0 Å². The lowest BCUT2D eigenvalue weighted by Gasteiger charge is -2.32. The van der Waals surface area contributed by atoms with Gasteiger partial charge in [-0.15, -0.1) is 0 Å². The standard InChI is InChI=1S/C29H30N4O5/c1-17-14-25-23(26-24(27(34)31-25)16-30-33(26)21-8-12-38-13-9-21)15-22(17)28(35)32-10-6-19(7-11-32)18-2-4-20(5-3-18)29(36)37/h2-5,14-16,19,21H,6-13H2,1H3,(H,31,34)(H,36,37). The Labute approximate surface area is 219 Å². The Morgan fingerprint density at radius 2 is 1.74 bits per heavy atom. The van der Waals surface area contributed by atoms with Gasteiger partial charge in [0, 0.05) is 37.3 Å². The molecule has 4 heterocycles. The monoisotopic (exact) mass is 514 g/mol. The first-order valence-corrected chi connectivity index (χ1v) is 13.1. The number of carbonyl (C=O) groups is 2. The molecular formula is C29H30N4O5. The molecule has 38 heavy (non-hydrogen) atoms. The van der Waals surface area contributed by atoms with Gasteiger partial charge in [0.2, 0.25) is 0 Å². The number of pyridine rings is 1. The van der Waals surface area contributed by atoms with Gasteiger partial charge in [0.1, 0.15) is 0 Å². The summed E-state index contributed by atoms with van der Waals surface area (Å²) >= 11 is 0. The number of aromatic amines is 1. The number of carbonyl (C=O) groups excluding carboxylic acids is 1. The van der Waals surface area contributed by atoms with Crippen molar-refractivity contribution >= 4 is 33.7 Å². The van der Waals surface area contributed by atoms with Crippen LogP contribution in [0.4, 0.5) is 0 Å². The number of fused-ring (bicyclic) bond motifs is 3. The van der Waals surface area contributed by atoms with Gasteiger partial charge in [-0.1, -0.05) is 12.1 Å². The molecule has 4 aromatic rings. The van der Waals surface area contributed by atoms with Crippen molar-refractivity contribution in [1.29, 1.82) is 0 Å². The number of aromatic nitrogens is 3. The molecule has 2 aliphatic heterocycles. The van der Waals surface area contributed by atoms with Crippen molar-refractivity contribution in [1.82, 2.24) is 19.7 Å². The smallest absolute Gasteiger partial charge is 0.335 e. The lowest BCUT2D eigenvalue weighted by Crippen LogP contribution is -2.38. The number of nitrogens with zero attached hydrogens (tertiary/aromatic N) is 3. The van der Waals surface area contributed by atoms with Crippen LogP contribution >= 0.6 is 0 Å². The van der Waals surface area contributed by atoms with Gasteiger partial charge in [-0.3, -0.25) is 14.3 Å². The normalized spacial score (nSPS) is 17.3. The molecule has 2 fully saturated rings. The largest absolute Gasteiger partial charge is 0.478 e. The van der Waals surface area contributed by atoms with E-state index < -0.39 is 5.97 Å². The van der Waals surface area contributed by atoms with Gasteiger partial charge >= 0.3 is 5.97 Å². The fraction of sp³-hybridized carbons (Fsp3) is 0.379. The fourth-order valence-corrected chi connectivity index (χ4v) is 5.91. The lowest BCUT2D eigenvalue weighted by molar-refractivity contribution is 0.0675. The summed E-state index contributed by atoms with van der Waals surface area (Å²) in [6.07, 6.45) is 4.92. The van der Waals surface area contributed by atoms with Crippen molar-refractivity contribution in [2.75, 3.05) is 26.3 Å². The zero-order valence-corrected chi connectivity index (χ0v) is 21.3. The number of piperidine rings is 1.